The molecule has 1 amide bonds. The van der Waals surface area contributed by atoms with Gasteiger partial charge in [-0.05, 0) is 23.3 Å². The van der Waals surface area contributed by atoms with Crippen molar-refractivity contribution in [3.8, 4) is 0 Å². The van der Waals surface area contributed by atoms with Gasteiger partial charge in [0.15, 0.2) is 12.4 Å². The molecule has 0 aliphatic rings. The Morgan fingerprint density at radius 2 is 1.72 bits per heavy atom. The van der Waals surface area contributed by atoms with Crippen molar-refractivity contribution in [2.24, 2.45) is 0 Å². The van der Waals surface area contributed by atoms with Gasteiger partial charge in [-0.3, -0.25) is 4.79 Å². The van der Waals surface area contributed by atoms with Crippen LogP contribution in [0.25, 0.3) is 0 Å². The van der Waals surface area contributed by atoms with E-state index >= 15 is 0 Å². The Kier molecular flexibility index (Phi) is 4.47. The first-order valence-electron chi connectivity index (χ1n) is 5.70. The van der Waals surface area contributed by atoms with Crippen molar-refractivity contribution in [3.05, 3.63) is 64.4 Å². The first-order valence-corrected chi connectivity index (χ1v) is 6.49. The van der Waals surface area contributed by atoms with Crippen LogP contribution in [0, 0.1) is 0 Å². The molecule has 0 atom stereocenters. The second-order valence-electron chi connectivity index (χ2n) is 3.99. The van der Waals surface area contributed by atoms with Gasteiger partial charge < -0.3 is 5.32 Å². The summed E-state index contributed by atoms with van der Waals surface area (Å²) in [6.45, 7) is 0.560. The molecule has 1 heterocycles. The molecule has 18 heavy (non-hydrogen) atoms. The molecule has 0 fully saturated rings. The Labute approximate surface area is 114 Å². The summed E-state index contributed by atoms with van der Waals surface area (Å²) in [5, 5.41) is 2.90. The minimum atomic E-state index is 0.0326. The number of carbonyl (C=O) groups excluding carboxylic acids is 1. The summed E-state index contributed by atoms with van der Waals surface area (Å²) in [5.74, 6) is 0.0326. The van der Waals surface area contributed by atoms with Gasteiger partial charge in [0.1, 0.15) is 0 Å². The zero-order valence-corrected chi connectivity index (χ0v) is 11.4. The molecule has 2 rings (SSSR count). The summed E-state index contributed by atoms with van der Waals surface area (Å²) in [6, 6.07) is 11.7. The van der Waals surface area contributed by atoms with Crippen LogP contribution in [0.5, 0.6) is 0 Å². The average Bonchev–Trinajstić information content (AvgIpc) is 2.40. The summed E-state index contributed by atoms with van der Waals surface area (Å²) in [4.78, 5) is 14.7. The summed E-state index contributed by atoms with van der Waals surface area (Å²) in [5.41, 5.74) is 2.09. The Hall–Kier alpha value is -1.68. The zero-order chi connectivity index (χ0) is 12.8. The second-order valence-corrected chi connectivity index (χ2v) is 4.90. The van der Waals surface area contributed by atoms with E-state index in [1.165, 1.54) is 0 Å². The SMILES string of the molecule is O=C(Cc1ccc(Br)cc1)NCc1cc[nH+]cc1. The zero-order valence-electron chi connectivity index (χ0n) is 9.82. The van der Waals surface area contributed by atoms with E-state index in [1.54, 1.807) is 0 Å². The van der Waals surface area contributed by atoms with E-state index in [1.807, 2.05) is 48.8 Å². The van der Waals surface area contributed by atoms with E-state index in [2.05, 4.69) is 26.2 Å². The number of rotatable bonds is 4. The van der Waals surface area contributed by atoms with Crippen molar-refractivity contribution < 1.29 is 9.78 Å². The van der Waals surface area contributed by atoms with E-state index < -0.39 is 0 Å². The molecule has 0 aliphatic heterocycles. The van der Waals surface area contributed by atoms with Gasteiger partial charge in [-0.15, -0.1) is 0 Å². The van der Waals surface area contributed by atoms with Crippen LogP contribution in [-0.4, -0.2) is 5.91 Å². The van der Waals surface area contributed by atoms with Gasteiger partial charge in [0.25, 0.3) is 0 Å². The van der Waals surface area contributed by atoms with Crippen molar-refractivity contribution in [2.75, 3.05) is 0 Å². The lowest BCUT2D eigenvalue weighted by Gasteiger charge is -2.04. The predicted molar refractivity (Wildman–Crippen MR) is 72.7 cm³/mol. The molecule has 0 aliphatic carbocycles. The van der Waals surface area contributed by atoms with Crippen molar-refractivity contribution >= 4 is 21.8 Å². The van der Waals surface area contributed by atoms with Gasteiger partial charge in [0, 0.05) is 23.2 Å². The third-order valence-corrected chi connectivity index (χ3v) is 3.08. The van der Waals surface area contributed by atoms with Crippen LogP contribution in [0.15, 0.2) is 53.3 Å². The molecular weight excluding hydrogens is 292 g/mol. The highest BCUT2D eigenvalue weighted by atomic mass is 79.9. The Morgan fingerprint density at radius 1 is 1.06 bits per heavy atom. The van der Waals surface area contributed by atoms with E-state index in [0.29, 0.717) is 13.0 Å². The Morgan fingerprint density at radius 3 is 2.39 bits per heavy atom. The lowest BCUT2D eigenvalue weighted by molar-refractivity contribution is -0.378. The number of nitrogens with one attached hydrogen (secondary N) is 2. The number of aromatic nitrogens is 1. The molecule has 0 radical (unpaired) electrons. The van der Waals surface area contributed by atoms with Gasteiger partial charge in [-0.25, -0.2) is 4.98 Å². The molecule has 0 unspecified atom stereocenters. The number of aromatic amines is 1. The molecule has 2 N–H and O–H groups in total. The second kappa shape index (κ2) is 6.31. The summed E-state index contributed by atoms with van der Waals surface area (Å²) in [6.07, 6.45) is 4.10. The van der Waals surface area contributed by atoms with Crippen LogP contribution in [0.2, 0.25) is 0 Å². The van der Waals surface area contributed by atoms with Crippen LogP contribution in [0.4, 0.5) is 0 Å². The summed E-state index contributed by atoms with van der Waals surface area (Å²) < 4.78 is 1.02. The van der Waals surface area contributed by atoms with Crippen molar-refractivity contribution in [1.82, 2.24) is 5.32 Å². The van der Waals surface area contributed by atoms with Crippen LogP contribution >= 0.6 is 15.9 Å². The average molecular weight is 306 g/mol. The number of H-pyrrole nitrogens is 1. The fourth-order valence-electron chi connectivity index (χ4n) is 1.59. The number of carbonyl (C=O) groups is 1. The first kappa shape index (κ1) is 12.8. The Balaban J connectivity index is 1.84. The molecule has 4 heteroatoms. The minimum absolute atomic E-state index is 0.0326. The number of hydrogen-bond acceptors (Lipinski definition) is 1. The first-order chi connectivity index (χ1) is 8.74. The number of pyridine rings is 1. The maximum absolute atomic E-state index is 11.7. The lowest BCUT2D eigenvalue weighted by Crippen LogP contribution is -2.24. The topological polar surface area (TPSA) is 43.2 Å². The Bertz CT molecular complexity index is 511. The van der Waals surface area contributed by atoms with Crippen LogP contribution in [0.3, 0.4) is 0 Å². The van der Waals surface area contributed by atoms with Crippen molar-refractivity contribution in [2.45, 2.75) is 13.0 Å². The highest BCUT2D eigenvalue weighted by Crippen LogP contribution is 2.10. The summed E-state index contributed by atoms with van der Waals surface area (Å²) >= 11 is 3.37. The number of benzene rings is 1. The minimum Gasteiger partial charge on any atom is -0.352 e. The number of hydrogen-bond donors (Lipinski definition) is 1. The predicted octanol–water partition coefficient (Wildman–Crippen LogP) is 2.12. The molecule has 92 valence electrons. The normalized spacial score (nSPS) is 10.1. The standard InChI is InChI=1S/C14H13BrN2O/c15-13-3-1-11(2-4-13)9-14(18)17-10-12-5-7-16-8-6-12/h1-8H,9-10H2,(H,17,18)/p+1. The number of halogens is 1. The highest BCUT2D eigenvalue weighted by molar-refractivity contribution is 9.10. The fourth-order valence-corrected chi connectivity index (χ4v) is 1.85. The summed E-state index contributed by atoms with van der Waals surface area (Å²) in [7, 11) is 0. The van der Waals surface area contributed by atoms with Crippen LogP contribution in [0.1, 0.15) is 11.1 Å². The molecule has 1 aromatic heterocycles. The van der Waals surface area contributed by atoms with Crippen LogP contribution < -0.4 is 10.3 Å². The van der Waals surface area contributed by atoms with E-state index in [-0.39, 0.29) is 5.91 Å². The smallest absolute Gasteiger partial charge is 0.224 e. The molecule has 1 aromatic carbocycles. The maximum atomic E-state index is 11.7. The molecule has 2 aromatic rings. The third-order valence-electron chi connectivity index (χ3n) is 2.55. The van der Waals surface area contributed by atoms with Crippen molar-refractivity contribution in [3.63, 3.8) is 0 Å². The molecule has 0 saturated carbocycles. The molecule has 3 nitrogen and oxygen atoms in total. The molecule has 0 spiro atoms. The number of amides is 1. The van der Waals surface area contributed by atoms with Gasteiger partial charge >= 0.3 is 0 Å². The molecule has 0 bridgehead atoms. The highest BCUT2D eigenvalue weighted by Gasteiger charge is 2.03. The lowest BCUT2D eigenvalue weighted by atomic mass is 10.1. The van der Waals surface area contributed by atoms with Crippen LogP contribution in [-0.2, 0) is 17.8 Å². The third kappa shape index (κ3) is 3.96. The molecule has 0 saturated heterocycles. The van der Waals surface area contributed by atoms with E-state index in [0.717, 1.165) is 15.6 Å². The maximum Gasteiger partial charge on any atom is 0.224 e. The van der Waals surface area contributed by atoms with E-state index in [9.17, 15) is 4.79 Å². The van der Waals surface area contributed by atoms with Gasteiger partial charge in [0.05, 0.1) is 6.42 Å². The quantitative estimate of drug-likeness (QED) is 0.924. The van der Waals surface area contributed by atoms with E-state index in [4.69, 9.17) is 0 Å². The van der Waals surface area contributed by atoms with Crippen molar-refractivity contribution in [1.29, 1.82) is 0 Å². The fraction of sp³-hybridized carbons (Fsp3) is 0.143. The van der Waals surface area contributed by atoms with Gasteiger partial charge in [-0.1, -0.05) is 28.1 Å². The monoisotopic (exact) mass is 305 g/mol. The van der Waals surface area contributed by atoms with Gasteiger partial charge in [0.2, 0.25) is 5.91 Å². The molecular formula is C14H14BrN2O+. The largest absolute Gasteiger partial charge is 0.352 e. The van der Waals surface area contributed by atoms with Gasteiger partial charge in [-0.2, -0.15) is 0 Å².